The van der Waals surface area contributed by atoms with Crippen LogP contribution >= 0.6 is 12.2 Å². The van der Waals surface area contributed by atoms with Crippen LogP contribution in [0.4, 0.5) is 0 Å². The van der Waals surface area contributed by atoms with E-state index < -0.39 is 0 Å². The van der Waals surface area contributed by atoms with Gasteiger partial charge in [-0.2, -0.15) is 0 Å². The molecule has 3 heterocycles. The van der Waals surface area contributed by atoms with Crippen LogP contribution in [0.3, 0.4) is 0 Å². The van der Waals surface area contributed by atoms with E-state index >= 15 is 0 Å². The van der Waals surface area contributed by atoms with Gasteiger partial charge in [0.2, 0.25) is 0 Å². The van der Waals surface area contributed by atoms with Crippen LogP contribution in [-0.4, -0.2) is 25.6 Å². The van der Waals surface area contributed by atoms with Crippen molar-refractivity contribution in [2.24, 2.45) is 0 Å². The normalized spacial score (nSPS) is 21.4. The van der Waals surface area contributed by atoms with Crippen LogP contribution in [0.15, 0.2) is 85.2 Å². The molecule has 6 rings (SSSR count). The quantitative estimate of drug-likeness (QED) is 0.400. The molecule has 1 saturated heterocycles. The minimum absolute atomic E-state index is 0.0263. The maximum Gasteiger partial charge on any atom is 0.170 e. The maximum atomic E-state index is 5.91. The molecule has 0 spiro atoms. The lowest BCUT2D eigenvalue weighted by atomic mass is 9.99. The van der Waals surface area contributed by atoms with Gasteiger partial charge in [-0.05, 0) is 72.2 Å². The highest BCUT2D eigenvalue weighted by Gasteiger charge is 2.44. The van der Waals surface area contributed by atoms with E-state index in [9.17, 15) is 0 Å². The molecular formula is C27H26N4S. The fourth-order valence-electron chi connectivity index (χ4n) is 5.45. The zero-order valence-electron chi connectivity index (χ0n) is 17.9. The monoisotopic (exact) mass is 438 g/mol. The summed E-state index contributed by atoms with van der Waals surface area (Å²) in [6.45, 7) is 0. The van der Waals surface area contributed by atoms with Crippen molar-refractivity contribution < 1.29 is 0 Å². The minimum atomic E-state index is 0.0263. The van der Waals surface area contributed by atoms with E-state index in [0.717, 1.165) is 10.8 Å². The van der Waals surface area contributed by atoms with Gasteiger partial charge in [0.15, 0.2) is 5.11 Å². The molecule has 0 unspecified atom stereocenters. The second kappa shape index (κ2) is 8.06. The van der Waals surface area contributed by atoms with Gasteiger partial charge in [-0.3, -0.25) is 4.98 Å². The van der Waals surface area contributed by atoms with E-state index in [1.807, 2.05) is 12.3 Å². The van der Waals surface area contributed by atoms with E-state index in [4.69, 9.17) is 17.2 Å². The van der Waals surface area contributed by atoms with Gasteiger partial charge in [0.1, 0.15) is 0 Å². The Balaban J connectivity index is 1.48. The van der Waals surface area contributed by atoms with E-state index in [2.05, 4.69) is 87.7 Å². The lowest BCUT2D eigenvalue weighted by Crippen LogP contribution is -2.38. The molecule has 1 aliphatic heterocycles. The Hall–Kier alpha value is -3.18. The number of nitrogens with zero attached hydrogens (tertiary/aromatic N) is 3. The molecule has 0 radical (unpaired) electrons. The summed E-state index contributed by atoms with van der Waals surface area (Å²) in [6.07, 6.45) is 8.99. The van der Waals surface area contributed by atoms with Gasteiger partial charge >= 0.3 is 0 Å². The number of nitrogens with one attached hydrogen (secondary N) is 1. The number of fused-ring (bicyclic) bond motifs is 1. The van der Waals surface area contributed by atoms with Crippen LogP contribution in [0.25, 0.3) is 16.5 Å². The second-order valence-electron chi connectivity index (χ2n) is 8.81. The molecule has 4 aromatic rings. The number of hydrogen-bond donors (Lipinski definition) is 1. The first-order chi connectivity index (χ1) is 15.8. The van der Waals surface area contributed by atoms with Gasteiger partial charge in [0, 0.05) is 29.8 Å². The van der Waals surface area contributed by atoms with Crippen molar-refractivity contribution in [3.63, 3.8) is 0 Å². The largest absolute Gasteiger partial charge is 0.352 e. The van der Waals surface area contributed by atoms with E-state index in [1.165, 1.54) is 47.8 Å². The van der Waals surface area contributed by atoms with Gasteiger partial charge in [-0.15, -0.1) is 0 Å². The van der Waals surface area contributed by atoms with Crippen molar-refractivity contribution in [1.82, 2.24) is 19.8 Å². The molecule has 0 bridgehead atoms. The van der Waals surface area contributed by atoms with Gasteiger partial charge in [-0.25, -0.2) is 0 Å². The standard InChI is InChI=1S/C27H26N4S/c32-27-29-25(23-12-5-6-16-28-23)26(31(27)21-10-3-4-11-21)24-13-7-17-30(24)22-15-14-19-8-1-2-9-20(19)18-22/h1-2,5-9,12-18,21,25-26H,3-4,10-11H2,(H,29,32)/t25-,26+/m1/s1. The van der Waals surface area contributed by atoms with Crippen molar-refractivity contribution in [3.05, 3.63) is 96.6 Å². The van der Waals surface area contributed by atoms with Crippen molar-refractivity contribution in [1.29, 1.82) is 0 Å². The molecular weight excluding hydrogens is 412 g/mol. The van der Waals surface area contributed by atoms with Gasteiger partial charge in [-0.1, -0.05) is 49.2 Å². The molecule has 1 aliphatic carbocycles. The number of hydrogen-bond acceptors (Lipinski definition) is 2. The first kappa shape index (κ1) is 19.5. The van der Waals surface area contributed by atoms with Crippen LogP contribution in [0, 0.1) is 0 Å². The number of benzene rings is 2. The summed E-state index contributed by atoms with van der Waals surface area (Å²) in [4.78, 5) is 7.17. The molecule has 160 valence electrons. The molecule has 4 nitrogen and oxygen atoms in total. The zero-order valence-corrected chi connectivity index (χ0v) is 18.7. The molecule has 2 aromatic heterocycles. The maximum absolute atomic E-state index is 5.91. The van der Waals surface area contributed by atoms with Gasteiger partial charge in [0.25, 0.3) is 0 Å². The van der Waals surface area contributed by atoms with Crippen molar-refractivity contribution >= 4 is 28.1 Å². The molecule has 2 fully saturated rings. The predicted octanol–water partition coefficient (Wildman–Crippen LogP) is 5.94. The Bertz CT molecular complexity index is 1260. The van der Waals surface area contributed by atoms with E-state index in [1.54, 1.807) is 0 Å². The SMILES string of the molecule is S=C1N[C@H](c2ccccn2)[C@H](c2cccn2-c2ccc3ccccc3c2)N1C1CCCC1. The molecule has 0 amide bonds. The summed E-state index contributed by atoms with van der Waals surface area (Å²) in [5, 5.41) is 6.98. The first-order valence-electron chi connectivity index (χ1n) is 11.5. The number of thiocarbonyl (C=S) groups is 1. The molecule has 5 heteroatoms. The lowest BCUT2D eigenvalue weighted by molar-refractivity contribution is 0.239. The molecule has 2 atom stereocenters. The third kappa shape index (κ3) is 3.28. The Morgan fingerprint density at radius 3 is 2.50 bits per heavy atom. The van der Waals surface area contributed by atoms with Gasteiger partial charge in [0.05, 0.1) is 17.8 Å². The Morgan fingerprint density at radius 2 is 1.69 bits per heavy atom. The van der Waals surface area contributed by atoms with E-state index in [-0.39, 0.29) is 12.1 Å². The van der Waals surface area contributed by atoms with Crippen LogP contribution < -0.4 is 5.32 Å². The summed E-state index contributed by atoms with van der Waals surface area (Å²) in [7, 11) is 0. The smallest absolute Gasteiger partial charge is 0.170 e. The van der Waals surface area contributed by atoms with Crippen molar-refractivity contribution in [3.8, 4) is 5.69 Å². The minimum Gasteiger partial charge on any atom is -0.352 e. The summed E-state index contributed by atoms with van der Waals surface area (Å²) >= 11 is 5.91. The third-order valence-electron chi connectivity index (χ3n) is 6.95. The third-order valence-corrected chi connectivity index (χ3v) is 7.28. The molecule has 1 N–H and O–H groups in total. The Labute approximate surface area is 193 Å². The van der Waals surface area contributed by atoms with E-state index in [0.29, 0.717) is 6.04 Å². The average Bonchev–Trinajstić information content (AvgIpc) is 3.59. The topological polar surface area (TPSA) is 33.1 Å². The van der Waals surface area contributed by atoms with Crippen LogP contribution in [-0.2, 0) is 0 Å². The number of aromatic nitrogens is 2. The predicted molar refractivity (Wildman–Crippen MR) is 133 cm³/mol. The highest BCUT2D eigenvalue weighted by molar-refractivity contribution is 7.80. The number of rotatable bonds is 4. The summed E-state index contributed by atoms with van der Waals surface area (Å²) in [5.74, 6) is 0. The van der Waals surface area contributed by atoms with Crippen molar-refractivity contribution in [2.75, 3.05) is 0 Å². The molecule has 32 heavy (non-hydrogen) atoms. The van der Waals surface area contributed by atoms with Crippen LogP contribution in [0.5, 0.6) is 0 Å². The second-order valence-corrected chi connectivity index (χ2v) is 9.19. The number of pyridine rings is 1. The highest BCUT2D eigenvalue weighted by atomic mass is 32.1. The van der Waals surface area contributed by atoms with Gasteiger partial charge < -0.3 is 14.8 Å². The Morgan fingerprint density at radius 1 is 0.875 bits per heavy atom. The average molecular weight is 439 g/mol. The van der Waals surface area contributed by atoms with Crippen molar-refractivity contribution in [2.45, 2.75) is 43.8 Å². The van der Waals surface area contributed by atoms with Crippen LogP contribution in [0.2, 0.25) is 0 Å². The van der Waals surface area contributed by atoms with Crippen LogP contribution in [0.1, 0.15) is 49.2 Å². The fraction of sp³-hybridized carbons (Fsp3) is 0.259. The summed E-state index contributed by atoms with van der Waals surface area (Å²) in [6, 6.07) is 26.3. The molecule has 2 aromatic carbocycles. The highest BCUT2D eigenvalue weighted by Crippen LogP contribution is 2.43. The zero-order chi connectivity index (χ0) is 21.5. The lowest BCUT2D eigenvalue weighted by Gasteiger charge is -2.33. The first-order valence-corrected chi connectivity index (χ1v) is 11.9. The molecule has 1 saturated carbocycles. The fourth-order valence-corrected chi connectivity index (χ4v) is 5.84. The molecule has 2 aliphatic rings. The summed E-state index contributed by atoms with van der Waals surface area (Å²) < 4.78 is 2.32. The summed E-state index contributed by atoms with van der Waals surface area (Å²) in [5.41, 5.74) is 3.45. The Kier molecular flexibility index (Phi) is 4.91.